The summed E-state index contributed by atoms with van der Waals surface area (Å²) in [5, 5.41) is 18.7. The summed E-state index contributed by atoms with van der Waals surface area (Å²) in [5.74, 6) is -1.35. The molecule has 2 aromatic rings. The third kappa shape index (κ3) is 3.38. The van der Waals surface area contributed by atoms with Gasteiger partial charge in [0.05, 0.1) is 30.2 Å². The van der Waals surface area contributed by atoms with E-state index >= 15 is 0 Å². The van der Waals surface area contributed by atoms with Gasteiger partial charge >= 0.3 is 5.97 Å². The molecule has 1 heterocycles. The molecular formula is C12H12N4O3. The van der Waals surface area contributed by atoms with Crippen LogP contribution in [0.15, 0.2) is 36.7 Å². The topological polar surface area (TPSA) is 97.1 Å². The molecule has 2 rings (SSSR count). The lowest BCUT2D eigenvalue weighted by molar-refractivity contribution is -0.138. The van der Waals surface area contributed by atoms with Crippen molar-refractivity contribution in [3.8, 4) is 5.69 Å². The number of hydrogen-bond donors (Lipinski definition) is 2. The number of carboxylic acid groups (broad SMARTS) is 1. The van der Waals surface area contributed by atoms with Crippen LogP contribution < -0.4 is 5.32 Å². The first-order valence-corrected chi connectivity index (χ1v) is 5.64. The second-order valence-electron chi connectivity index (χ2n) is 3.81. The van der Waals surface area contributed by atoms with Crippen molar-refractivity contribution in [3.63, 3.8) is 0 Å². The van der Waals surface area contributed by atoms with Crippen molar-refractivity contribution < 1.29 is 14.7 Å². The molecule has 7 nitrogen and oxygen atoms in total. The maximum atomic E-state index is 11.6. The summed E-state index contributed by atoms with van der Waals surface area (Å²) in [6.07, 6.45) is 2.92. The maximum absolute atomic E-state index is 11.6. The second kappa shape index (κ2) is 5.76. The molecule has 0 saturated heterocycles. The fraction of sp³-hybridized carbons (Fsp3) is 0.167. The van der Waals surface area contributed by atoms with Gasteiger partial charge in [-0.25, -0.2) is 4.68 Å². The zero-order chi connectivity index (χ0) is 13.7. The number of carbonyl (C=O) groups excluding carboxylic acids is 1. The molecule has 0 spiro atoms. The van der Waals surface area contributed by atoms with Gasteiger partial charge in [-0.1, -0.05) is 17.3 Å². The Labute approximate surface area is 108 Å². The summed E-state index contributed by atoms with van der Waals surface area (Å²) in [5.41, 5.74) is 1.23. The number of aliphatic carboxylic acids is 1. The minimum Gasteiger partial charge on any atom is -0.481 e. The molecule has 7 heteroatoms. The number of amides is 1. The number of carboxylic acids is 1. The second-order valence-corrected chi connectivity index (χ2v) is 3.81. The molecule has 0 atom stereocenters. The van der Waals surface area contributed by atoms with Crippen LogP contribution in [0, 0.1) is 0 Å². The van der Waals surface area contributed by atoms with Crippen molar-refractivity contribution in [2.75, 3.05) is 5.32 Å². The lowest BCUT2D eigenvalue weighted by atomic mass is 10.2. The highest BCUT2D eigenvalue weighted by molar-refractivity contribution is 5.94. The Balaban J connectivity index is 2.12. The van der Waals surface area contributed by atoms with Crippen molar-refractivity contribution in [3.05, 3.63) is 36.7 Å². The number of rotatable bonds is 5. The van der Waals surface area contributed by atoms with Gasteiger partial charge in [0.2, 0.25) is 5.91 Å². The molecule has 0 bridgehead atoms. The fourth-order valence-electron chi connectivity index (χ4n) is 1.55. The van der Waals surface area contributed by atoms with Crippen LogP contribution in [0.2, 0.25) is 0 Å². The molecule has 1 aromatic carbocycles. The zero-order valence-corrected chi connectivity index (χ0v) is 9.98. The van der Waals surface area contributed by atoms with Crippen molar-refractivity contribution in [2.45, 2.75) is 12.8 Å². The van der Waals surface area contributed by atoms with Gasteiger partial charge in [-0.15, -0.1) is 5.10 Å². The molecule has 1 aromatic heterocycles. The van der Waals surface area contributed by atoms with Crippen LogP contribution in [0.25, 0.3) is 5.69 Å². The van der Waals surface area contributed by atoms with E-state index in [1.807, 2.05) is 6.07 Å². The van der Waals surface area contributed by atoms with E-state index in [0.29, 0.717) is 11.4 Å². The fourth-order valence-corrected chi connectivity index (χ4v) is 1.55. The van der Waals surface area contributed by atoms with Crippen LogP contribution in [0.1, 0.15) is 12.8 Å². The Bertz CT molecular complexity index is 580. The molecular weight excluding hydrogens is 248 g/mol. The number of benzene rings is 1. The van der Waals surface area contributed by atoms with E-state index < -0.39 is 5.97 Å². The molecule has 0 aliphatic heterocycles. The molecule has 0 unspecified atom stereocenters. The Morgan fingerprint density at radius 3 is 2.74 bits per heavy atom. The highest BCUT2D eigenvalue weighted by Crippen LogP contribution is 2.18. The molecule has 98 valence electrons. The summed E-state index contributed by atoms with van der Waals surface area (Å²) < 4.78 is 1.52. The Hall–Kier alpha value is -2.70. The molecule has 0 aliphatic carbocycles. The lowest BCUT2D eigenvalue weighted by Crippen LogP contribution is -2.15. The van der Waals surface area contributed by atoms with Crippen molar-refractivity contribution >= 4 is 17.6 Å². The van der Waals surface area contributed by atoms with Gasteiger partial charge in [-0.3, -0.25) is 9.59 Å². The van der Waals surface area contributed by atoms with Crippen LogP contribution in [0.5, 0.6) is 0 Å². The third-order valence-electron chi connectivity index (χ3n) is 2.41. The van der Waals surface area contributed by atoms with Gasteiger partial charge in [0.1, 0.15) is 0 Å². The monoisotopic (exact) mass is 260 g/mol. The number of nitrogens with one attached hydrogen (secondary N) is 1. The van der Waals surface area contributed by atoms with Crippen LogP contribution in [-0.4, -0.2) is 32.0 Å². The molecule has 0 fully saturated rings. The van der Waals surface area contributed by atoms with Gasteiger partial charge in [-0.2, -0.15) is 0 Å². The molecule has 0 radical (unpaired) electrons. The summed E-state index contributed by atoms with van der Waals surface area (Å²) in [4.78, 5) is 22.0. The summed E-state index contributed by atoms with van der Waals surface area (Å²) in [7, 11) is 0. The first-order chi connectivity index (χ1) is 9.16. The normalized spacial score (nSPS) is 10.1. The van der Waals surface area contributed by atoms with Gasteiger partial charge in [-0.05, 0) is 12.1 Å². The molecule has 1 amide bonds. The standard InChI is InChI=1S/C12H12N4O3/c17-11(5-6-12(18)19)14-9-3-1-2-4-10(9)16-8-7-13-15-16/h1-4,7-8H,5-6H2,(H,14,17)(H,18,19). The smallest absolute Gasteiger partial charge is 0.303 e. The maximum Gasteiger partial charge on any atom is 0.303 e. The summed E-state index contributed by atoms with van der Waals surface area (Å²) in [6, 6.07) is 7.08. The van der Waals surface area contributed by atoms with Gasteiger partial charge in [0.15, 0.2) is 0 Å². The van der Waals surface area contributed by atoms with Crippen molar-refractivity contribution in [2.24, 2.45) is 0 Å². The largest absolute Gasteiger partial charge is 0.481 e. The Morgan fingerprint density at radius 1 is 1.26 bits per heavy atom. The minimum absolute atomic E-state index is 0.0684. The lowest BCUT2D eigenvalue weighted by Gasteiger charge is -2.09. The SMILES string of the molecule is O=C(O)CCC(=O)Nc1ccccc1-n1ccnn1. The highest BCUT2D eigenvalue weighted by Gasteiger charge is 2.09. The number of nitrogens with zero attached hydrogens (tertiary/aromatic N) is 3. The minimum atomic E-state index is -1.00. The van der Waals surface area contributed by atoms with Gasteiger partial charge < -0.3 is 10.4 Å². The predicted octanol–water partition coefficient (Wildman–Crippen LogP) is 1.07. The van der Waals surface area contributed by atoms with E-state index in [0.717, 1.165) is 0 Å². The van der Waals surface area contributed by atoms with E-state index in [1.54, 1.807) is 24.4 Å². The average Bonchev–Trinajstić information content (AvgIpc) is 2.91. The molecule has 19 heavy (non-hydrogen) atoms. The third-order valence-corrected chi connectivity index (χ3v) is 2.41. The number of aromatic nitrogens is 3. The first-order valence-electron chi connectivity index (χ1n) is 5.64. The van der Waals surface area contributed by atoms with E-state index in [4.69, 9.17) is 5.11 Å². The van der Waals surface area contributed by atoms with Crippen LogP contribution in [-0.2, 0) is 9.59 Å². The van der Waals surface area contributed by atoms with E-state index in [1.165, 1.54) is 10.9 Å². The van der Waals surface area contributed by atoms with Crippen LogP contribution in [0.4, 0.5) is 5.69 Å². The van der Waals surface area contributed by atoms with Crippen molar-refractivity contribution in [1.29, 1.82) is 0 Å². The van der Waals surface area contributed by atoms with E-state index in [2.05, 4.69) is 15.6 Å². The van der Waals surface area contributed by atoms with Gasteiger partial charge in [0.25, 0.3) is 0 Å². The quantitative estimate of drug-likeness (QED) is 0.838. The Morgan fingerprint density at radius 2 is 2.05 bits per heavy atom. The number of hydrogen-bond acceptors (Lipinski definition) is 4. The number of anilines is 1. The number of para-hydroxylation sites is 2. The molecule has 2 N–H and O–H groups in total. The zero-order valence-electron chi connectivity index (χ0n) is 9.98. The average molecular weight is 260 g/mol. The number of carbonyl (C=O) groups is 2. The Kier molecular flexibility index (Phi) is 3.87. The van der Waals surface area contributed by atoms with Crippen LogP contribution in [0.3, 0.4) is 0 Å². The highest BCUT2D eigenvalue weighted by atomic mass is 16.4. The van der Waals surface area contributed by atoms with E-state index in [-0.39, 0.29) is 18.7 Å². The predicted molar refractivity (Wildman–Crippen MR) is 66.9 cm³/mol. The molecule has 0 aliphatic rings. The first kappa shape index (κ1) is 12.7. The van der Waals surface area contributed by atoms with Gasteiger partial charge in [0, 0.05) is 6.42 Å². The van der Waals surface area contributed by atoms with Crippen LogP contribution >= 0.6 is 0 Å². The molecule has 0 saturated carbocycles. The summed E-state index contributed by atoms with van der Waals surface area (Å²) >= 11 is 0. The van der Waals surface area contributed by atoms with E-state index in [9.17, 15) is 9.59 Å². The van der Waals surface area contributed by atoms with Crippen molar-refractivity contribution in [1.82, 2.24) is 15.0 Å². The summed E-state index contributed by atoms with van der Waals surface area (Å²) in [6.45, 7) is 0.